The summed E-state index contributed by atoms with van der Waals surface area (Å²) in [4.78, 5) is 36.8. The quantitative estimate of drug-likeness (QED) is 0.475. The fraction of sp³-hybridized carbons (Fsp3) is 0.368. The summed E-state index contributed by atoms with van der Waals surface area (Å²) < 4.78 is 5.26. The van der Waals surface area contributed by atoms with Crippen LogP contribution in [0.3, 0.4) is 0 Å². The molecule has 1 aliphatic rings. The van der Waals surface area contributed by atoms with E-state index in [1.807, 2.05) is 6.07 Å². The van der Waals surface area contributed by atoms with Crippen molar-refractivity contribution >= 4 is 34.6 Å². The van der Waals surface area contributed by atoms with Crippen LogP contribution in [-0.4, -0.2) is 22.9 Å². The van der Waals surface area contributed by atoms with Crippen LogP contribution in [0.25, 0.3) is 0 Å². The van der Waals surface area contributed by atoms with Crippen LogP contribution >= 0.6 is 11.3 Å². The van der Waals surface area contributed by atoms with Crippen molar-refractivity contribution in [2.24, 2.45) is 5.92 Å². The zero-order valence-corrected chi connectivity index (χ0v) is 15.9. The minimum absolute atomic E-state index is 0.0657. The van der Waals surface area contributed by atoms with E-state index in [-0.39, 0.29) is 11.4 Å². The summed E-state index contributed by atoms with van der Waals surface area (Å²) in [5, 5.41) is 13.5. The molecule has 2 atom stereocenters. The summed E-state index contributed by atoms with van der Waals surface area (Å²) in [6.07, 6.45) is 1.95. The third kappa shape index (κ3) is 4.33. The van der Waals surface area contributed by atoms with Crippen molar-refractivity contribution in [1.82, 2.24) is 0 Å². The number of nitrogens with zero attached hydrogens (tertiary/aromatic N) is 1. The van der Waals surface area contributed by atoms with Crippen LogP contribution in [0.4, 0.5) is 11.4 Å². The number of hydrogen-bond acceptors (Lipinski definition) is 6. The van der Waals surface area contributed by atoms with E-state index < -0.39 is 22.9 Å². The average molecular weight is 388 g/mol. The Morgan fingerprint density at radius 1 is 1.37 bits per heavy atom. The Bertz CT molecular complexity index is 892. The molecular weight excluding hydrogens is 368 g/mol. The topological polar surface area (TPSA) is 98.5 Å². The highest BCUT2D eigenvalue weighted by molar-refractivity contribution is 7.14. The minimum atomic E-state index is -1.07. The van der Waals surface area contributed by atoms with Crippen LogP contribution in [0, 0.1) is 16.0 Å². The van der Waals surface area contributed by atoms with Crippen molar-refractivity contribution < 1.29 is 19.2 Å². The molecular formula is C19H20N2O5S. The van der Waals surface area contributed by atoms with Crippen LogP contribution in [-0.2, 0) is 22.4 Å². The van der Waals surface area contributed by atoms with Crippen molar-refractivity contribution in [1.29, 1.82) is 0 Å². The van der Waals surface area contributed by atoms with Gasteiger partial charge in [-0.05, 0) is 49.8 Å². The molecule has 3 rings (SSSR count). The van der Waals surface area contributed by atoms with Gasteiger partial charge in [-0.3, -0.25) is 14.9 Å². The number of carbonyl (C=O) groups is 2. The van der Waals surface area contributed by atoms with Crippen molar-refractivity contribution in [2.45, 2.75) is 39.2 Å². The van der Waals surface area contributed by atoms with Crippen molar-refractivity contribution in [3.63, 3.8) is 0 Å². The number of amides is 1. The Hall–Kier alpha value is -2.74. The number of fused-ring (bicyclic) bond motifs is 1. The van der Waals surface area contributed by atoms with Crippen LogP contribution in [0.15, 0.2) is 30.3 Å². The summed E-state index contributed by atoms with van der Waals surface area (Å²) in [5.74, 6) is -0.567. The maximum Gasteiger partial charge on any atom is 0.349 e. The Morgan fingerprint density at radius 2 is 2.11 bits per heavy atom. The second kappa shape index (κ2) is 7.87. The number of thiophene rings is 1. The summed E-state index contributed by atoms with van der Waals surface area (Å²) >= 11 is 1.41. The molecule has 0 radical (unpaired) electrons. The van der Waals surface area contributed by atoms with Crippen molar-refractivity contribution in [3.8, 4) is 0 Å². The molecule has 1 aromatic heterocycles. The number of ether oxygens (including phenoxy) is 1. The van der Waals surface area contributed by atoms with E-state index in [2.05, 4.69) is 12.2 Å². The molecule has 27 heavy (non-hydrogen) atoms. The summed E-state index contributed by atoms with van der Waals surface area (Å²) in [6, 6.07) is 7.67. The zero-order chi connectivity index (χ0) is 19.6. The summed E-state index contributed by atoms with van der Waals surface area (Å²) in [7, 11) is 0. The molecule has 2 aromatic rings. The first-order valence-corrected chi connectivity index (χ1v) is 9.53. The van der Waals surface area contributed by atoms with Crippen LogP contribution in [0.1, 0.15) is 40.4 Å². The lowest BCUT2D eigenvalue weighted by atomic mass is 9.90. The average Bonchev–Trinajstić information content (AvgIpc) is 3.05. The monoisotopic (exact) mass is 388 g/mol. The lowest BCUT2D eigenvalue weighted by Gasteiger charge is -2.16. The van der Waals surface area contributed by atoms with Gasteiger partial charge in [-0.1, -0.05) is 19.1 Å². The zero-order valence-electron chi connectivity index (χ0n) is 15.1. The van der Waals surface area contributed by atoms with Gasteiger partial charge in [0.2, 0.25) is 0 Å². The highest BCUT2D eigenvalue weighted by Crippen LogP contribution is 2.32. The Morgan fingerprint density at radius 3 is 2.85 bits per heavy atom. The molecule has 0 bridgehead atoms. The second-order valence-electron chi connectivity index (χ2n) is 6.72. The van der Waals surface area contributed by atoms with Gasteiger partial charge < -0.3 is 10.1 Å². The van der Waals surface area contributed by atoms with E-state index in [0.29, 0.717) is 10.8 Å². The largest absolute Gasteiger partial charge is 0.448 e. The van der Waals surface area contributed by atoms with Crippen LogP contribution in [0.2, 0.25) is 0 Å². The van der Waals surface area contributed by atoms with E-state index in [0.717, 1.165) is 19.3 Å². The first-order chi connectivity index (χ1) is 12.8. The Labute approximate surface area is 160 Å². The maximum absolute atomic E-state index is 12.4. The molecule has 0 unspecified atom stereocenters. The number of aryl methyl sites for hydroxylation is 1. The highest BCUT2D eigenvalue weighted by Gasteiger charge is 2.25. The fourth-order valence-electron chi connectivity index (χ4n) is 3.05. The van der Waals surface area contributed by atoms with E-state index in [4.69, 9.17) is 4.74 Å². The number of esters is 1. The van der Waals surface area contributed by atoms with Crippen molar-refractivity contribution in [2.75, 3.05) is 5.32 Å². The van der Waals surface area contributed by atoms with Crippen LogP contribution in [0.5, 0.6) is 0 Å². The minimum Gasteiger partial charge on any atom is -0.448 e. The van der Waals surface area contributed by atoms with Gasteiger partial charge in [0, 0.05) is 10.9 Å². The number of rotatable bonds is 5. The summed E-state index contributed by atoms with van der Waals surface area (Å²) in [6.45, 7) is 3.63. The normalized spacial score (nSPS) is 16.9. The second-order valence-corrected chi connectivity index (χ2v) is 7.85. The molecule has 1 amide bonds. The van der Waals surface area contributed by atoms with Crippen molar-refractivity contribution in [3.05, 3.63) is 55.8 Å². The van der Waals surface area contributed by atoms with Gasteiger partial charge in [0.1, 0.15) is 10.6 Å². The number of anilines is 1. The molecule has 1 heterocycles. The molecule has 0 saturated carbocycles. The molecule has 7 nitrogen and oxygen atoms in total. The van der Waals surface area contributed by atoms with Gasteiger partial charge in [0.15, 0.2) is 6.10 Å². The van der Waals surface area contributed by atoms with Gasteiger partial charge in [-0.2, -0.15) is 0 Å². The molecule has 1 aromatic carbocycles. The summed E-state index contributed by atoms with van der Waals surface area (Å²) in [5.41, 5.74) is 1.03. The van der Waals surface area contributed by atoms with Crippen LogP contribution < -0.4 is 5.32 Å². The van der Waals surface area contributed by atoms with Gasteiger partial charge in [0.25, 0.3) is 11.6 Å². The standard InChI is InChI=1S/C19H20N2O5S/c1-11-7-8-16-13(9-11)10-17(27-16)19(23)26-12(2)18(22)20-14-5-3-4-6-15(14)21(24)25/h3-6,10-12H,7-9H2,1-2H3,(H,20,22)/t11-,12+/m1/s1. The third-order valence-corrected chi connectivity index (χ3v) is 5.76. The Balaban J connectivity index is 1.65. The lowest BCUT2D eigenvalue weighted by molar-refractivity contribution is -0.383. The van der Waals surface area contributed by atoms with Gasteiger partial charge >= 0.3 is 5.97 Å². The molecule has 0 spiro atoms. The maximum atomic E-state index is 12.4. The first kappa shape index (κ1) is 19.0. The van der Waals surface area contributed by atoms with E-state index in [1.165, 1.54) is 46.9 Å². The molecule has 1 aliphatic carbocycles. The van der Waals surface area contributed by atoms with E-state index in [1.54, 1.807) is 6.07 Å². The number of hydrogen-bond donors (Lipinski definition) is 1. The van der Waals surface area contributed by atoms with Gasteiger partial charge in [-0.15, -0.1) is 11.3 Å². The van der Waals surface area contributed by atoms with Gasteiger partial charge in [-0.25, -0.2) is 4.79 Å². The number of nitro benzene ring substituents is 1. The first-order valence-electron chi connectivity index (χ1n) is 8.72. The smallest absolute Gasteiger partial charge is 0.349 e. The van der Waals surface area contributed by atoms with Gasteiger partial charge in [0.05, 0.1) is 4.92 Å². The van der Waals surface area contributed by atoms with E-state index in [9.17, 15) is 19.7 Å². The fourth-order valence-corrected chi connectivity index (χ4v) is 4.14. The highest BCUT2D eigenvalue weighted by atomic mass is 32.1. The predicted octanol–water partition coefficient (Wildman–Crippen LogP) is 3.97. The third-order valence-electron chi connectivity index (χ3n) is 4.54. The molecule has 0 saturated heterocycles. The number of nitro groups is 1. The molecule has 0 aliphatic heterocycles. The lowest BCUT2D eigenvalue weighted by Crippen LogP contribution is -2.30. The molecule has 8 heteroatoms. The number of nitrogens with one attached hydrogen (secondary N) is 1. The molecule has 1 N–H and O–H groups in total. The predicted molar refractivity (Wildman–Crippen MR) is 102 cm³/mol. The molecule has 0 fully saturated rings. The van der Waals surface area contributed by atoms with E-state index >= 15 is 0 Å². The number of para-hydroxylation sites is 2. The Kier molecular flexibility index (Phi) is 5.55. The number of benzene rings is 1. The SMILES string of the molecule is C[C@@H]1CCc2sc(C(=O)O[C@@H](C)C(=O)Nc3ccccc3[N+](=O)[O-])cc2C1. The number of carbonyl (C=O) groups excluding carboxylic acids is 2. The molecule has 142 valence electrons.